The van der Waals surface area contributed by atoms with E-state index in [4.69, 9.17) is 4.74 Å². The van der Waals surface area contributed by atoms with E-state index in [0.717, 1.165) is 37.6 Å². The third-order valence-corrected chi connectivity index (χ3v) is 3.46. The molecule has 5 nitrogen and oxygen atoms in total. The third kappa shape index (κ3) is 4.06. The zero-order valence-corrected chi connectivity index (χ0v) is 12.1. The average Bonchev–Trinajstić information content (AvgIpc) is 2.41. The molecule has 2 rings (SSSR count). The number of nitrogens with zero attached hydrogens (tertiary/aromatic N) is 3. The summed E-state index contributed by atoms with van der Waals surface area (Å²) in [5.41, 5.74) is 1.09. The van der Waals surface area contributed by atoms with Gasteiger partial charge in [-0.1, -0.05) is 0 Å². The first kappa shape index (κ1) is 14.1. The van der Waals surface area contributed by atoms with Crippen LogP contribution >= 0.6 is 0 Å². The molecule has 1 atom stereocenters. The van der Waals surface area contributed by atoms with E-state index >= 15 is 0 Å². The summed E-state index contributed by atoms with van der Waals surface area (Å²) in [5, 5.41) is 3.31. The lowest BCUT2D eigenvalue weighted by molar-refractivity contribution is 0.0530. The van der Waals surface area contributed by atoms with Gasteiger partial charge in [-0.15, -0.1) is 0 Å². The van der Waals surface area contributed by atoms with Crippen molar-refractivity contribution in [3.63, 3.8) is 0 Å². The van der Waals surface area contributed by atoms with Gasteiger partial charge < -0.3 is 15.0 Å². The molecule has 1 N–H and O–H groups in total. The summed E-state index contributed by atoms with van der Waals surface area (Å²) < 4.78 is 5.49. The second kappa shape index (κ2) is 6.70. The van der Waals surface area contributed by atoms with E-state index < -0.39 is 0 Å². The summed E-state index contributed by atoms with van der Waals surface area (Å²) in [6.45, 7) is 4.76. The molecule has 106 valence electrons. The summed E-state index contributed by atoms with van der Waals surface area (Å²) in [4.78, 5) is 10.9. The first-order valence-corrected chi connectivity index (χ1v) is 6.99. The Morgan fingerprint density at radius 1 is 1.47 bits per heavy atom. The lowest BCUT2D eigenvalue weighted by Gasteiger charge is -2.22. The predicted molar refractivity (Wildman–Crippen MR) is 77.7 cm³/mol. The standard InChI is InChI=1S/C14H24N4O/c1-11-9-16-14(17-13(11)18(2)3)15-7-6-12-5-4-8-19-10-12/h9,12H,4-8,10H2,1-3H3,(H,15,16,17)/t12-/m0/s1. The highest BCUT2D eigenvalue weighted by Crippen LogP contribution is 2.18. The maximum absolute atomic E-state index is 5.49. The second-order valence-corrected chi connectivity index (χ2v) is 5.39. The van der Waals surface area contributed by atoms with Crippen molar-refractivity contribution in [1.29, 1.82) is 0 Å². The minimum atomic E-state index is 0.681. The Balaban J connectivity index is 1.83. The Kier molecular flexibility index (Phi) is 4.96. The third-order valence-electron chi connectivity index (χ3n) is 3.46. The van der Waals surface area contributed by atoms with Crippen molar-refractivity contribution in [2.45, 2.75) is 26.2 Å². The Morgan fingerprint density at radius 3 is 3.00 bits per heavy atom. The van der Waals surface area contributed by atoms with E-state index in [1.54, 1.807) is 0 Å². The molecule has 0 saturated carbocycles. The fourth-order valence-electron chi connectivity index (χ4n) is 2.39. The van der Waals surface area contributed by atoms with Crippen LogP contribution in [0, 0.1) is 12.8 Å². The van der Waals surface area contributed by atoms with Gasteiger partial charge >= 0.3 is 0 Å². The number of hydrogen-bond donors (Lipinski definition) is 1. The topological polar surface area (TPSA) is 50.3 Å². The number of nitrogens with one attached hydrogen (secondary N) is 1. The van der Waals surface area contributed by atoms with Crippen LogP contribution in [0.25, 0.3) is 0 Å². The van der Waals surface area contributed by atoms with Crippen LogP contribution < -0.4 is 10.2 Å². The Morgan fingerprint density at radius 2 is 2.32 bits per heavy atom. The highest BCUT2D eigenvalue weighted by Gasteiger charge is 2.13. The number of rotatable bonds is 5. The molecule has 1 aromatic heterocycles. The molecule has 0 spiro atoms. The maximum atomic E-state index is 5.49. The van der Waals surface area contributed by atoms with Gasteiger partial charge in [0.15, 0.2) is 0 Å². The van der Waals surface area contributed by atoms with E-state index in [1.165, 1.54) is 12.8 Å². The fraction of sp³-hybridized carbons (Fsp3) is 0.714. The van der Waals surface area contributed by atoms with Crippen LogP contribution in [0.3, 0.4) is 0 Å². The van der Waals surface area contributed by atoms with Crippen molar-refractivity contribution >= 4 is 11.8 Å². The minimum Gasteiger partial charge on any atom is -0.381 e. The minimum absolute atomic E-state index is 0.681. The highest BCUT2D eigenvalue weighted by molar-refractivity contribution is 5.47. The summed E-state index contributed by atoms with van der Waals surface area (Å²) in [7, 11) is 4.00. The van der Waals surface area contributed by atoms with Crippen molar-refractivity contribution in [2.75, 3.05) is 44.1 Å². The molecular weight excluding hydrogens is 240 g/mol. The van der Waals surface area contributed by atoms with Crippen LogP contribution in [-0.2, 0) is 4.74 Å². The lowest BCUT2D eigenvalue weighted by atomic mass is 9.99. The molecule has 0 bridgehead atoms. The number of hydrogen-bond acceptors (Lipinski definition) is 5. The fourth-order valence-corrected chi connectivity index (χ4v) is 2.39. The number of aromatic nitrogens is 2. The van der Waals surface area contributed by atoms with Crippen molar-refractivity contribution in [3.05, 3.63) is 11.8 Å². The van der Waals surface area contributed by atoms with E-state index in [-0.39, 0.29) is 0 Å². The van der Waals surface area contributed by atoms with Gasteiger partial charge in [0, 0.05) is 45.6 Å². The Hall–Kier alpha value is -1.36. The molecule has 0 radical (unpaired) electrons. The summed E-state index contributed by atoms with van der Waals surface area (Å²) >= 11 is 0. The summed E-state index contributed by atoms with van der Waals surface area (Å²) in [6, 6.07) is 0. The van der Waals surface area contributed by atoms with Crippen LogP contribution in [0.1, 0.15) is 24.8 Å². The number of anilines is 2. The predicted octanol–water partition coefficient (Wildman–Crippen LogP) is 2.08. The highest BCUT2D eigenvalue weighted by atomic mass is 16.5. The van der Waals surface area contributed by atoms with Gasteiger partial charge in [0.25, 0.3) is 0 Å². The van der Waals surface area contributed by atoms with Crippen molar-refractivity contribution in [1.82, 2.24) is 9.97 Å². The summed E-state index contributed by atoms with van der Waals surface area (Å²) in [5.74, 6) is 2.37. The monoisotopic (exact) mass is 264 g/mol. The lowest BCUT2D eigenvalue weighted by Crippen LogP contribution is -2.20. The average molecular weight is 264 g/mol. The quantitative estimate of drug-likeness (QED) is 0.882. The van der Waals surface area contributed by atoms with Gasteiger partial charge in [0.1, 0.15) is 5.82 Å². The zero-order valence-electron chi connectivity index (χ0n) is 12.1. The SMILES string of the molecule is Cc1cnc(NCC[C@@H]2CCCOC2)nc1N(C)C. The summed E-state index contributed by atoms with van der Waals surface area (Å²) in [6.07, 6.45) is 5.46. The van der Waals surface area contributed by atoms with Crippen molar-refractivity contribution in [2.24, 2.45) is 5.92 Å². The van der Waals surface area contributed by atoms with Gasteiger partial charge in [-0.3, -0.25) is 0 Å². The molecule has 1 aliphatic rings. The molecule has 0 aromatic carbocycles. The Labute approximate surface area is 115 Å². The van der Waals surface area contributed by atoms with Gasteiger partial charge in [0.2, 0.25) is 5.95 Å². The smallest absolute Gasteiger partial charge is 0.224 e. The Bertz CT molecular complexity index is 402. The largest absolute Gasteiger partial charge is 0.381 e. The molecule has 1 aromatic rings. The van der Waals surface area contributed by atoms with Crippen LogP contribution in [0.15, 0.2) is 6.20 Å². The molecule has 1 aliphatic heterocycles. The zero-order chi connectivity index (χ0) is 13.7. The van der Waals surface area contributed by atoms with E-state index in [2.05, 4.69) is 15.3 Å². The molecule has 1 fully saturated rings. The van der Waals surface area contributed by atoms with Crippen molar-refractivity contribution in [3.8, 4) is 0 Å². The van der Waals surface area contributed by atoms with Gasteiger partial charge in [0.05, 0.1) is 0 Å². The number of aryl methyl sites for hydroxylation is 1. The van der Waals surface area contributed by atoms with Crippen molar-refractivity contribution < 1.29 is 4.74 Å². The van der Waals surface area contributed by atoms with E-state index in [0.29, 0.717) is 11.9 Å². The second-order valence-electron chi connectivity index (χ2n) is 5.39. The van der Waals surface area contributed by atoms with Gasteiger partial charge in [-0.2, -0.15) is 4.98 Å². The first-order valence-electron chi connectivity index (χ1n) is 6.99. The molecule has 1 saturated heterocycles. The van der Waals surface area contributed by atoms with Gasteiger partial charge in [-0.05, 0) is 32.1 Å². The molecule has 2 heterocycles. The normalized spacial score (nSPS) is 19.2. The van der Waals surface area contributed by atoms with E-state index in [9.17, 15) is 0 Å². The molecule has 5 heteroatoms. The first-order chi connectivity index (χ1) is 9.16. The van der Waals surface area contributed by atoms with Crippen LogP contribution in [0.5, 0.6) is 0 Å². The molecule has 0 amide bonds. The van der Waals surface area contributed by atoms with Crippen LogP contribution in [0.4, 0.5) is 11.8 Å². The molecule has 19 heavy (non-hydrogen) atoms. The molecule has 0 unspecified atom stereocenters. The number of ether oxygens (including phenoxy) is 1. The van der Waals surface area contributed by atoms with E-state index in [1.807, 2.05) is 32.1 Å². The maximum Gasteiger partial charge on any atom is 0.224 e. The van der Waals surface area contributed by atoms with Gasteiger partial charge in [-0.25, -0.2) is 4.98 Å². The van der Waals surface area contributed by atoms with Crippen LogP contribution in [0.2, 0.25) is 0 Å². The molecule has 0 aliphatic carbocycles. The molecular formula is C14H24N4O. The van der Waals surface area contributed by atoms with Crippen LogP contribution in [-0.4, -0.2) is 43.8 Å².